The van der Waals surface area contributed by atoms with Crippen LogP contribution < -0.4 is 11.1 Å². The molecule has 3 aromatic rings. The van der Waals surface area contributed by atoms with Crippen LogP contribution in [0.3, 0.4) is 0 Å². The van der Waals surface area contributed by atoms with E-state index in [1.165, 1.54) is 12.8 Å². The Labute approximate surface area is 193 Å². The molecule has 1 aromatic carbocycles. The minimum Gasteiger partial charge on any atom is -0.338 e. The van der Waals surface area contributed by atoms with Gasteiger partial charge in [-0.15, -0.1) is 0 Å². The molecule has 0 saturated heterocycles. The van der Waals surface area contributed by atoms with Crippen molar-refractivity contribution in [1.29, 1.82) is 0 Å². The smallest absolute Gasteiger partial charge is 0.166 e. The molecule has 32 heavy (non-hydrogen) atoms. The van der Waals surface area contributed by atoms with Gasteiger partial charge in [-0.2, -0.15) is 0 Å². The zero-order chi connectivity index (χ0) is 22.8. The Hall–Kier alpha value is -2.51. The summed E-state index contributed by atoms with van der Waals surface area (Å²) in [6.45, 7) is 5.79. The van der Waals surface area contributed by atoms with Crippen LogP contribution in [0.25, 0.3) is 11.2 Å². The summed E-state index contributed by atoms with van der Waals surface area (Å²) < 4.78 is 2.06. The summed E-state index contributed by atoms with van der Waals surface area (Å²) in [5.41, 5.74) is 9.55. The van der Waals surface area contributed by atoms with Crippen LogP contribution >= 0.6 is 11.6 Å². The van der Waals surface area contributed by atoms with Gasteiger partial charge in [0.1, 0.15) is 11.6 Å². The number of nitrogens with zero attached hydrogens (tertiary/aromatic N) is 4. The summed E-state index contributed by atoms with van der Waals surface area (Å²) in [5, 5.41) is 3.96. The molecule has 3 N–H and O–H groups in total. The fourth-order valence-corrected chi connectivity index (χ4v) is 4.75. The second kappa shape index (κ2) is 9.55. The molecule has 2 atom stereocenters. The number of rotatable bonds is 7. The number of hydrogen-bond acceptors (Lipinski definition) is 6. The number of fused-ring (bicyclic) bond motifs is 1. The van der Waals surface area contributed by atoms with Gasteiger partial charge < -0.3 is 15.6 Å². The number of nitrogens with one attached hydrogen (secondary N) is 1. The van der Waals surface area contributed by atoms with Gasteiger partial charge in [-0.25, -0.2) is 15.0 Å². The van der Waals surface area contributed by atoms with Gasteiger partial charge in [0.2, 0.25) is 0 Å². The van der Waals surface area contributed by atoms with E-state index < -0.39 is 0 Å². The van der Waals surface area contributed by atoms with E-state index in [1.807, 2.05) is 24.5 Å². The fourth-order valence-electron chi connectivity index (χ4n) is 4.49. The van der Waals surface area contributed by atoms with E-state index in [0.29, 0.717) is 28.7 Å². The number of anilines is 2. The molecule has 1 fully saturated rings. The van der Waals surface area contributed by atoms with Crippen LogP contribution in [-0.2, 0) is 17.6 Å². The molecule has 0 amide bonds. The number of Topliss-reactive ketones (excluding diaryl/α,β-unsaturated/α-hetero) is 1. The predicted molar refractivity (Wildman–Crippen MR) is 128 cm³/mol. The lowest BCUT2D eigenvalue weighted by atomic mass is 9.83. The van der Waals surface area contributed by atoms with E-state index in [9.17, 15) is 4.79 Å². The van der Waals surface area contributed by atoms with Crippen molar-refractivity contribution in [1.82, 2.24) is 19.5 Å². The van der Waals surface area contributed by atoms with Crippen molar-refractivity contribution in [2.75, 3.05) is 5.32 Å². The number of carbonyl (C=O) groups excluding carboxylic acids is 1. The average molecular weight is 455 g/mol. The summed E-state index contributed by atoms with van der Waals surface area (Å²) in [7, 11) is 0. The summed E-state index contributed by atoms with van der Waals surface area (Å²) in [6, 6.07) is 5.98. The molecule has 2 aromatic heterocycles. The molecule has 0 spiro atoms. The molecule has 7 nitrogen and oxygen atoms in total. The number of hydrogen-bond donors (Lipinski definition) is 2. The van der Waals surface area contributed by atoms with Crippen molar-refractivity contribution in [2.45, 2.75) is 71.4 Å². The molecule has 0 bridgehead atoms. The van der Waals surface area contributed by atoms with E-state index in [2.05, 4.69) is 28.7 Å². The molecular formula is C24H31ClN6O. The Morgan fingerprint density at radius 3 is 2.75 bits per heavy atom. The SMILES string of the molecule is CC(=O)Cc1cc(Cl)cc(Nc2nc(CC3CCCCC3N)nc3c2ncn3C(C)C)c1. The Morgan fingerprint density at radius 2 is 2.03 bits per heavy atom. The molecular weight excluding hydrogens is 424 g/mol. The zero-order valence-corrected chi connectivity index (χ0v) is 19.7. The van der Waals surface area contributed by atoms with Crippen LogP contribution in [0.4, 0.5) is 11.5 Å². The summed E-state index contributed by atoms with van der Waals surface area (Å²) >= 11 is 6.32. The Balaban J connectivity index is 1.73. The van der Waals surface area contributed by atoms with Crippen molar-refractivity contribution in [3.05, 3.63) is 40.9 Å². The quantitative estimate of drug-likeness (QED) is 0.521. The highest BCUT2D eigenvalue weighted by atomic mass is 35.5. The topological polar surface area (TPSA) is 98.7 Å². The van der Waals surface area contributed by atoms with E-state index >= 15 is 0 Å². The normalized spacial score (nSPS) is 18.9. The van der Waals surface area contributed by atoms with E-state index in [4.69, 9.17) is 27.3 Å². The molecule has 4 rings (SSSR count). The van der Waals surface area contributed by atoms with Crippen LogP contribution in [0, 0.1) is 5.92 Å². The number of aromatic nitrogens is 4. The highest BCUT2D eigenvalue weighted by molar-refractivity contribution is 6.31. The number of carbonyl (C=O) groups is 1. The molecule has 2 heterocycles. The van der Waals surface area contributed by atoms with Crippen LogP contribution in [0.15, 0.2) is 24.5 Å². The standard InChI is InChI=1S/C24H31ClN6O/c1-14(2)31-13-27-22-23(28-19-10-16(8-15(3)32)9-18(25)12-19)29-21(30-24(22)31)11-17-6-4-5-7-20(17)26/h9-10,12-14,17,20H,4-8,11,26H2,1-3H3,(H,28,29,30). The summed E-state index contributed by atoms with van der Waals surface area (Å²) in [6.07, 6.45) is 7.46. The third kappa shape index (κ3) is 5.10. The first kappa shape index (κ1) is 22.7. The first-order chi connectivity index (χ1) is 15.3. The highest BCUT2D eigenvalue weighted by Gasteiger charge is 2.24. The van der Waals surface area contributed by atoms with E-state index in [1.54, 1.807) is 6.92 Å². The van der Waals surface area contributed by atoms with Gasteiger partial charge in [0.25, 0.3) is 0 Å². The van der Waals surface area contributed by atoms with Gasteiger partial charge in [-0.1, -0.05) is 24.4 Å². The van der Waals surface area contributed by atoms with Crippen LogP contribution in [0.1, 0.15) is 63.9 Å². The van der Waals surface area contributed by atoms with E-state index in [0.717, 1.165) is 42.0 Å². The molecule has 0 aliphatic heterocycles. The molecule has 1 aliphatic rings. The number of halogens is 1. The maximum atomic E-state index is 11.6. The summed E-state index contributed by atoms with van der Waals surface area (Å²) in [4.78, 5) is 25.9. The van der Waals surface area contributed by atoms with Crippen LogP contribution in [0.5, 0.6) is 0 Å². The predicted octanol–water partition coefficient (Wildman–Crippen LogP) is 5.00. The molecule has 8 heteroatoms. The minimum atomic E-state index is 0.0874. The highest BCUT2D eigenvalue weighted by Crippen LogP contribution is 2.30. The average Bonchev–Trinajstić information content (AvgIpc) is 3.13. The van der Waals surface area contributed by atoms with Gasteiger partial charge in [0.05, 0.1) is 6.33 Å². The lowest BCUT2D eigenvalue weighted by molar-refractivity contribution is -0.116. The van der Waals surface area contributed by atoms with Gasteiger partial charge in [0.15, 0.2) is 17.0 Å². The monoisotopic (exact) mass is 454 g/mol. The van der Waals surface area contributed by atoms with Crippen LogP contribution in [0.2, 0.25) is 5.02 Å². The lowest BCUT2D eigenvalue weighted by Crippen LogP contribution is -2.34. The van der Waals surface area contributed by atoms with Gasteiger partial charge in [0, 0.05) is 35.6 Å². The molecule has 2 unspecified atom stereocenters. The van der Waals surface area contributed by atoms with Gasteiger partial charge in [-0.05, 0) is 63.3 Å². The van der Waals surface area contributed by atoms with Crippen LogP contribution in [-0.4, -0.2) is 31.3 Å². The van der Waals surface area contributed by atoms with Crippen molar-refractivity contribution in [2.24, 2.45) is 11.7 Å². The van der Waals surface area contributed by atoms with Crippen molar-refractivity contribution >= 4 is 40.1 Å². The number of nitrogens with two attached hydrogens (primary N) is 1. The maximum absolute atomic E-state index is 11.6. The van der Waals surface area contributed by atoms with Gasteiger partial charge in [-0.3, -0.25) is 4.79 Å². The van der Waals surface area contributed by atoms with E-state index in [-0.39, 0.29) is 17.9 Å². The fraction of sp³-hybridized carbons (Fsp3) is 0.500. The Bertz CT molecular complexity index is 1130. The second-order valence-electron chi connectivity index (χ2n) is 9.17. The third-order valence-electron chi connectivity index (χ3n) is 6.11. The molecule has 1 saturated carbocycles. The number of imidazole rings is 1. The number of ketones is 1. The molecule has 170 valence electrons. The summed E-state index contributed by atoms with van der Waals surface area (Å²) in [5.74, 6) is 1.89. The molecule has 0 radical (unpaired) electrons. The Kier molecular flexibility index (Phi) is 6.76. The van der Waals surface area contributed by atoms with Crippen molar-refractivity contribution in [3.63, 3.8) is 0 Å². The number of benzene rings is 1. The van der Waals surface area contributed by atoms with Gasteiger partial charge >= 0.3 is 0 Å². The zero-order valence-electron chi connectivity index (χ0n) is 18.9. The minimum absolute atomic E-state index is 0.0874. The lowest BCUT2D eigenvalue weighted by Gasteiger charge is -2.28. The molecule has 1 aliphatic carbocycles. The second-order valence-corrected chi connectivity index (χ2v) is 9.61. The first-order valence-electron chi connectivity index (χ1n) is 11.3. The maximum Gasteiger partial charge on any atom is 0.166 e. The Morgan fingerprint density at radius 1 is 1.25 bits per heavy atom. The first-order valence-corrected chi connectivity index (χ1v) is 11.7. The van der Waals surface area contributed by atoms with Crippen molar-refractivity contribution < 1.29 is 4.79 Å². The largest absolute Gasteiger partial charge is 0.338 e. The third-order valence-corrected chi connectivity index (χ3v) is 6.33. The van der Waals surface area contributed by atoms with Crippen molar-refractivity contribution in [3.8, 4) is 0 Å².